The Morgan fingerprint density at radius 1 is 1.29 bits per heavy atom. The monoisotopic (exact) mass is 291 g/mol. The molecule has 0 saturated heterocycles. The third-order valence-electron chi connectivity index (χ3n) is 2.52. The lowest BCUT2D eigenvalue weighted by Crippen LogP contribution is -2.27. The number of H-pyrrole nitrogens is 1. The molecule has 0 aromatic carbocycles. The van der Waals surface area contributed by atoms with Crippen molar-refractivity contribution in [1.29, 1.82) is 0 Å². The Kier molecular flexibility index (Phi) is 3.84. The molecule has 0 spiro atoms. The highest BCUT2D eigenvalue weighted by atomic mass is 16.6. The Hall–Kier alpha value is -2.57. The van der Waals surface area contributed by atoms with Crippen molar-refractivity contribution in [3.63, 3.8) is 0 Å². The molecule has 2 N–H and O–H groups in total. The van der Waals surface area contributed by atoms with Crippen LogP contribution in [0, 0.1) is 0 Å². The number of hydrogen-bond acceptors (Lipinski definition) is 5. The molecule has 0 saturated carbocycles. The summed E-state index contributed by atoms with van der Waals surface area (Å²) in [5.41, 5.74) is 0.736. The number of hydrogen-bond donors (Lipinski definition) is 2. The molecule has 0 aliphatic heterocycles. The van der Waals surface area contributed by atoms with Crippen LogP contribution in [0.15, 0.2) is 18.3 Å². The number of esters is 1. The van der Waals surface area contributed by atoms with Gasteiger partial charge >= 0.3 is 12.1 Å². The number of pyridine rings is 1. The van der Waals surface area contributed by atoms with Crippen LogP contribution in [0.1, 0.15) is 31.3 Å². The lowest BCUT2D eigenvalue weighted by molar-refractivity contribution is 0.0593. The summed E-state index contributed by atoms with van der Waals surface area (Å²) in [7, 11) is 1.30. The fourth-order valence-electron chi connectivity index (χ4n) is 1.73. The number of nitrogens with zero attached hydrogens (tertiary/aromatic N) is 1. The predicted octanol–water partition coefficient (Wildman–Crippen LogP) is 2.70. The van der Waals surface area contributed by atoms with Crippen LogP contribution in [0.3, 0.4) is 0 Å². The molecule has 0 fully saturated rings. The van der Waals surface area contributed by atoms with Gasteiger partial charge in [0, 0.05) is 5.39 Å². The van der Waals surface area contributed by atoms with E-state index in [-0.39, 0.29) is 0 Å². The number of anilines is 1. The molecule has 0 aliphatic carbocycles. The van der Waals surface area contributed by atoms with Crippen molar-refractivity contribution >= 4 is 28.8 Å². The fourth-order valence-corrected chi connectivity index (χ4v) is 1.73. The van der Waals surface area contributed by atoms with E-state index in [4.69, 9.17) is 4.74 Å². The van der Waals surface area contributed by atoms with Crippen molar-refractivity contribution in [2.45, 2.75) is 26.4 Å². The highest BCUT2D eigenvalue weighted by Crippen LogP contribution is 2.19. The molecule has 2 aromatic heterocycles. The van der Waals surface area contributed by atoms with Gasteiger partial charge in [-0.15, -0.1) is 0 Å². The Morgan fingerprint density at radius 3 is 2.62 bits per heavy atom. The number of methoxy groups -OCH3 is 1. The zero-order chi connectivity index (χ0) is 15.6. The molecule has 0 bridgehead atoms. The number of aromatic nitrogens is 2. The first-order valence-electron chi connectivity index (χ1n) is 6.35. The lowest BCUT2D eigenvalue weighted by atomic mass is 10.2. The maximum atomic E-state index is 11.7. The molecule has 0 atom stereocenters. The number of carbonyl (C=O) groups excluding carboxylic acids is 2. The van der Waals surface area contributed by atoms with E-state index in [0.29, 0.717) is 22.4 Å². The molecule has 0 radical (unpaired) electrons. The van der Waals surface area contributed by atoms with Crippen LogP contribution in [0.25, 0.3) is 11.0 Å². The van der Waals surface area contributed by atoms with Crippen molar-refractivity contribution < 1.29 is 19.1 Å². The maximum absolute atomic E-state index is 11.7. The largest absolute Gasteiger partial charge is 0.464 e. The summed E-state index contributed by atoms with van der Waals surface area (Å²) in [6.07, 6.45) is 0.913. The van der Waals surface area contributed by atoms with Gasteiger partial charge in [0.2, 0.25) is 0 Å². The Labute approximate surface area is 121 Å². The number of ether oxygens (including phenoxy) is 2. The van der Waals surface area contributed by atoms with Crippen LogP contribution >= 0.6 is 0 Å². The second kappa shape index (κ2) is 5.43. The summed E-state index contributed by atoms with van der Waals surface area (Å²) >= 11 is 0. The summed E-state index contributed by atoms with van der Waals surface area (Å²) < 4.78 is 9.78. The quantitative estimate of drug-likeness (QED) is 0.830. The molecule has 112 valence electrons. The number of amides is 1. The van der Waals surface area contributed by atoms with Gasteiger partial charge in [0.1, 0.15) is 16.9 Å². The number of aromatic amines is 1. The van der Waals surface area contributed by atoms with Gasteiger partial charge in [-0.2, -0.15) is 0 Å². The van der Waals surface area contributed by atoms with Gasteiger partial charge in [0.25, 0.3) is 0 Å². The number of fused-ring (bicyclic) bond motifs is 1. The third-order valence-corrected chi connectivity index (χ3v) is 2.52. The Bertz CT molecular complexity index is 685. The van der Waals surface area contributed by atoms with E-state index in [1.807, 2.05) is 0 Å². The number of carbonyl (C=O) groups is 2. The second-order valence-corrected chi connectivity index (χ2v) is 5.46. The summed E-state index contributed by atoms with van der Waals surface area (Å²) in [4.78, 5) is 30.1. The molecule has 7 nitrogen and oxygen atoms in total. The van der Waals surface area contributed by atoms with Crippen LogP contribution in [-0.4, -0.2) is 34.7 Å². The molecular formula is C14H17N3O4. The molecule has 2 aromatic rings. The molecule has 0 unspecified atom stereocenters. The van der Waals surface area contributed by atoms with E-state index in [0.717, 1.165) is 0 Å². The van der Waals surface area contributed by atoms with Crippen molar-refractivity contribution in [3.8, 4) is 0 Å². The average molecular weight is 291 g/mol. The van der Waals surface area contributed by atoms with Crippen molar-refractivity contribution in [2.24, 2.45) is 0 Å². The first-order valence-corrected chi connectivity index (χ1v) is 6.35. The highest BCUT2D eigenvalue weighted by Gasteiger charge is 2.17. The summed E-state index contributed by atoms with van der Waals surface area (Å²) in [5.74, 6) is -0.477. The number of nitrogens with one attached hydrogen (secondary N) is 2. The molecule has 1 amide bonds. The first-order chi connectivity index (χ1) is 9.78. The zero-order valence-corrected chi connectivity index (χ0v) is 12.3. The van der Waals surface area contributed by atoms with Gasteiger partial charge in [-0.3, -0.25) is 5.32 Å². The molecule has 0 aliphatic rings. The van der Waals surface area contributed by atoms with E-state index in [1.54, 1.807) is 32.9 Å². The van der Waals surface area contributed by atoms with Crippen molar-refractivity contribution in [3.05, 3.63) is 24.0 Å². The average Bonchev–Trinajstić information content (AvgIpc) is 2.78. The van der Waals surface area contributed by atoms with E-state index in [1.165, 1.54) is 13.3 Å². The van der Waals surface area contributed by atoms with Crippen LogP contribution in [0.5, 0.6) is 0 Å². The minimum Gasteiger partial charge on any atom is -0.464 e. The molecule has 21 heavy (non-hydrogen) atoms. The van der Waals surface area contributed by atoms with E-state index in [2.05, 4.69) is 20.0 Å². The van der Waals surface area contributed by atoms with Crippen LogP contribution in [0.4, 0.5) is 10.5 Å². The Balaban J connectivity index is 2.19. The standard InChI is InChI=1S/C14H17N3O4/c1-14(2,3)21-13(19)16-9-5-8-6-10(12(18)20-4)17-11(8)15-7-9/h5-7H,1-4H3,(H,15,17)(H,16,19). The fraction of sp³-hybridized carbons (Fsp3) is 0.357. The van der Waals surface area contributed by atoms with Gasteiger partial charge in [0.05, 0.1) is 19.0 Å². The molecule has 2 heterocycles. The van der Waals surface area contributed by atoms with Gasteiger partial charge in [-0.25, -0.2) is 14.6 Å². The second-order valence-electron chi connectivity index (χ2n) is 5.46. The van der Waals surface area contributed by atoms with E-state index in [9.17, 15) is 9.59 Å². The zero-order valence-electron chi connectivity index (χ0n) is 12.3. The van der Waals surface area contributed by atoms with Gasteiger partial charge in [-0.1, -0.05) is 0 Å². The first kappa shape index (κ1) is 14.8. The molecular weight excluding hydrogens is 274 g/mol. The van der Waals surface area contributed by atoms with Gasteiger partial charge < -0.3 is 14.5 Å². The van der Waals surface area contributed by atoms with E-state index < -0.39 is 17.7 Å². The minimum atomic E-state index is -0.576. The highest BCUT2D eigenvalue weighted by molar-refractivity contribution is 5.95. The summed E-state index contributed by atoms with van der Waals surface area (Å²) in [5, 5.41) is 3.27. The van der Waals surface area contributed by atoms with Gasteiger partial charge in [0.15, 0.2) is 0 Å². The summed E-state index contributed by atoms with van der Waals surface area (Å²) in [6.45, 7) is 5.34. The lowest BCUT2D eigenvalue weighted by Gasteiger charge is -2.19. The van der Waals surface area contributed by atoms with E-state index >= 15 is 0 Å². The third kappa shape index (κ3) is 3.71. The van der Waals surface area contributed by atoms with Crippen LogP contribution in [-0.2, 0) is 9.47 Å². The number of rotatable bonds is 2. The van der Waals surface area contributed by atoms with Crippen LogP contribution < -0.4 is 5.32 Å². The van der Waals surface area contributed by atoms with Crippen LogP contribution in [0.2, 0.25) is 0 Å². The molecule has 7 heteroatoms. The normalized spacial score (nSPS) is 11.2. The van der Waals surface area contributed by atoms with Crippen molar-refractivity contribution in [2.75, 3.05) is 12.4 Å². The summed E-state index contributed by atoms with van der Waals surface area (Å²) in [6, 6.07) is 3.30. The maximum Gasteiger partial charge on any atom is 0.412 e. The smallest absolute Gasteiger partial charge is 0.412 e. The predicted molar refractivity (Wildman–Crippen MR) is 77.3 cm³/mol. The minimum absolute atomic E-state index is 0.300. The van der Waals surface area contributed by atoms with Crippen molar-refractivity contribution in [1.82, 2.24) is 9.97 Å². The SMILES string of the molecule is COC(=O)c1cc2cc(NC(=O)OC(C)(C)C)cnc2[nH]1. The topological polar surface area (TPSA) is 93.3 Å². The Morgan fingerprint density at radius 2 is 2.00 bits per heavy atom. The molecule has 2 rings (SSSR count). The van der Waals surface area contributed by atoms with Gasteiger partial charge in [-0.05, 0) is 32.9 Å².